The van der Waals surface area contributed by atoms with Crippen LogP contribution < -0.4 is 9.47 Å². The second-order valence-electron chi connectivity index (χ2n) is 9.86. The first-order valence-electron chi connectivity index (χ1n) is 12.2. The highest BCUT2D eigenvalue weighted by molar-refractivity contribution is 5.86. The predicted octanol–water partition coefficient (Wildman–Crippen LogP) is 7.27. The van der Waals surface area contributed by atoms with E-state index in [0.29, 0.717) is 17.7 Å². The highest BCUT2D eigenvalue weighted by Crippen LogP contribution is 2.40. The van der Waals surface area contributed by atoms with Crippen molar-refractivity contribution in [1.82, 2.24) is 0 Å². The summed E-state index contributed by atoms with van der Waals surface area (Å²) >= 11 is 0. The van der Waals surface area contributed by atoms with Gasteiger partial charge in [-0.2, -0.15) is 0 Å². The lowest BCUT2D eigenvalue weighted by Gasteiger charge is -2.37. The van der Waals surface area contributed by atoms with E-state index in [1.165, 1.54) is 18.1 Å². The maximum absolute atomic E-state index is 11.5. The molecular formula is C29H40O5. The van der Waals surface area contributed by atoms with E-state index in [1.54, 1.807) is 0 Å². The molecule has 0 fully saturated rings. The van der Waals surface area contributed by atoms with Crippen LogP contribution in [0.1, 0.15) is 90.7 Å². The molecule has 1 atom stereocenters. The van der Waals surface area contributed by atoms with Crippen molar-refractivity contribution in [3.05, 3.63) is 58.2 Å². The third kappa shape index (κ3) is 8.85. The summed E-state index contributed by atoms with van der Waals surface area (Å²) in [6.07, 6.45) is 12.8. The quantitative estimate of drug-likeness (QED) is 0.160. The third-order valence-electron chi connectivity index (χ3n) is 6.19. The third-order valence-corrected chi connectivity index (χ3v) is 6.19. The average Bonchev–Trinajstić information content (AvgIpc) is 2.72. The van der Waals surface area contributed by atoms with Crippen molar-refractivity contribution in [3.8, 4) is 11.5 Å². The number of carbonyl (C=O) groups is 2. The summed E-state index contributed by atoms with van der Waals surface area (Å²) in [6.45, 7) is 11.7. The van der Waals surface area contributed by atoms with Gasteiger partial charge < -0.3 is 14.6 Å². The zero-order valence-electron chi connectivity index (χ0n) is 21.6. The van der Waals surface area contributed by atoms with Crippen molar-refractivity contribution in [3.63, 3.8) is 0 Å². The summed E-state index contributed by atoms with van der Waals surface area (Å²) in [5.41, 5.74) is 4.82. The van der Waals surface area contributed by atoms with E-state index in [0.717, 1.165) is 61.8 Å². The van der Waals surface area contributed by atoms with Crippen molar-refractivity contribution >= 4 is 11.9 Å². The molecule has 1 aromatic rings. The maximum Gasteiger partial charge on any atom is 0.331 e. The Labute approximate surface area is 204 Å². The fraction of sp³-hybridized carbons (Fsp3) is 0.517. The van der Waals surface area contributed by atoms with Crippen LogP contribution in [0.2, 0.25) is 0 Å². The lowest BCUT2D eigenvalue weighted by molar-refractivity contribution is -0.133. The molecule has 0 bridgehead atoms. The van der Waals surface area contributed by atoms with E-state index in [9.17, 15) is 14.7 Å². The molecule has 1 aliphatic rings. The van der Waals surface area contributed by atoms with Crippen LogP contribution in [0.4, 0.5) is 0 Å². The Kier molecular flexibility index (Phi) is 10.2. The Balaban J connectivity index is 1.89. The smallest absolute Gasteiger partial charge is 0.331 e. The molecule has 1 N–H and O–H groups in total. The summed E-state index contributed by atoms with van der Waals surface area (Å²) in [4.78, 5) is 22.7. The minimum absolute atomic E-state index is 0.237. The van der Waals surface area contributed by atoms with Gasteiger partial charge in [-0.15, -0.1) is 0 Å². The summed E-state index contributed by atoms with van der Waals surface area (Å²) in [5, 5.41) is 9.42. The molecule has 0 radical (unpaired) electrons. The summed E-state index contributed by atoms with van der Waals surface area (Å²) in [7, 11) is 0. The topological polar surface area (TPSA) is 72.8 Å². The zero-order chi connectivity index (χ0) is 25.3. The molecule has 0 amide bonds. The molecule has 0 aromatic heterocycles. The lowest BCUT2D eigenvalue weighted by Crippen LogP contribution is -2.36. The van der Waals surface area contributed by atoms with E-state index >= 15 is 0 Å². The first-order valence-corrected chi connectivity index (χ1v) is 12.2. The van der Waals surface area contributed by atoms with Crippen molar-refractivity contribution in [1.29, 1.82) is 0 Å². The Morgan fingerprint density at radius 3 is 2.41 bits per heavy atom. The standard InChI is InChI=1S/C29H40O5/c1-20(2)10-7-13-24(28(31)32)14-8-11-21(3)12-9-16-29(6)17-15-25-19-26(33-23(5)30)18-22(4)27(25)34-29/h10,12,14,18-19H,7-9,11,13,15-17H2,1-6H3,(H,31,32)/b21-12+,24-14-/t29-/m0/s1. The highest BCUT2D eigenvalue weighted by atomic mass is 16.5. The maximum atomic E-state index is 11.5. The molecule has 186 valence electrons. The molecule has 1 heterocycles. The molecular weight excluding hydrogens is 428 g/mol. The number of esters is 1. The zero-order valence-corrected chi connectivity index (χ0v) is 21.6. The van der Waals surface area contributed by atoms with Gasteiger partial charge in [0.25, 0.3) is 0 Å². The number of hydrogen-bond donors (Lipinski definition) is 1. The Hall–Kier alpha value is -2.82. The number of allylic oxidation sites excluding steroid dienone is 5. The van der Waals surface area contributed by atoms with Gasteiger partial charge in [0.1, 0.15) is 17.1 Å². The molecule has 0 aliphatic carbocycles. The first kappa shape index (κ1) is 27.4. The number of benzene rings is 1. The van der Waals surface area contributed by atoms with Gasteiger partial charge >= 0.3 is 11.9 Å². The number of ether oxygens (including phenoxy) is 2. The van der Waals surface area contributed by atoms with Crippen molar-refractivity contribution in [2.75, 3.05) is 0 Å². The van der Waals surface area contributed by atoms with E-state index in [2.05, 4.69) is 26.0 Å². The number of aryl methyl sites for hydroxylation is 2. The molecule has 0 spiro atoms. The second kappa shape index (κ2) is 12.6. The van der Waals surface area contributed by atoms with Gasteiger partial charge in [-0.25, -0.2) is 4.79 Å². The summed E-state index contributed by atoms with van der Waals surface area (Å²) in [6, 6.07) is 3.76. The van der Waals surface area contributed by atoms with Crippen LogP contribution in [0.5, 0.6) is 11.5 Å². The fourth-order valence-electron chi connectivity index (χ4n) is 4.25. The molecule has 5 nitrogen and oxygen atoms in total. The average molecular weight is 469 g/mol. The lowest BCUT2D eigenvalue weighted by atomic mass is 9.87. The van der Waals surface area contributed by atoms with Crippen LogP contribution in [0.15, 0.2) is 47.1 Å². The van der Waals surface area contributed by atoms with Crippen molar-refractivity contribution in [2.45, 2.75) is 98.5 Å². The molecule has 0 unspecified atom stereocenters. The molecule has 1 aliphatic heterocycles. The van der Waals surface area contributed by atoms with Gasteiger partial charge in [0, 0.05) is 12.5 Å². The Morgan fingerprint density at radius 1 is 1.06 bits per heavy atom. The van der Waals surface area contributed by atoms with Crippen molar-refractivity contribution < 1.29 is 24.2 Å². The second-order valence-corrected chi connectivity index (χ2v) is 9.86. The molecule has 0 saturated heterocycles. The normalized spacial score (nSPS) is 18.1. The number of rotatable bonds is 11. The number of hydrogen-bond acceptors (Lipinski definition) is 4. The van der Waals surface area contributed by atoms with Gasteiger partial charge in [0.2, 0.25) is 0 Å². The largest absolute Gasteiger partial charge is 0.487 e. The van der Waals surface area contributed by atoms with Crippen LogP contribution in [-0.4, -0.2) is 22.6 Å². The van der Waals surface area contributed by atoms with Gasteiger partial charge in [-0.3, -0.25) is 4.79 Å². The van der Waals surface area contributed by atoms with Gasteiger partial charge in [0.05, 0.1) is 0 Å². The molecule has 2 rings (SSSR count). The predicted molar refractivity (Wildman–Crippen MR) is 136 cm³/mol. The van der Waals surface area contributed by atoms with Gasteiger partial charge in [-0.05, 0) is 109 Å². The van der Waals surface area contributed by atoms with Crippen LogP contribution in [0.25, 0.3) is 0 Å². The molecule has 5 heteroatoms. The van der Waals surface area contributed by atoms with E-state index in [-0.39, 0.29) is 11.6 Å². The number of carboxylic acid groups (broad SMARTS) is 1. The minimum Gasteiger partial charge on any atom is -0.487 e. The number of carboxylic acids is 1. The monoisotopic (exact) mass is 468 g/mol. The van der Waals surface area contributed by atoms with Crippen LogP contribution in [-0.2, 0) is 16.0 Å². The number of fused-ring (bicyclic) bond motifs is 1. The number of aliphatic carboxylic acids is 1. The van der Waals surface area contributed by atoms with Gasteiger partial charge in [-0.1, -0.05) is 29.4 Å². The van der Waals surface area contributed by atoms with Crippen molar-refractivity contribution in [2.24, 2.45) is 0 Å². The number of carbonyl (C=O) groups excluding carboxylic acids is 1. The van der Waals surface area contributed by atoms with E-state index in [1.807, 2.05) is 39.0 Å². The SMILES string of the molecule is CC(=O)Oc1cc(C)c2c(c1)CC[C@](C)(CC/C=C(\C)CC/C=C(/CCC=C(C)C)C(=O)O)O2. The molecule has 0 saturated carbocycles. The van der Waals surface area contributed by atoms with Crippen LogP contribution >= 0.6 is 0 Å². The molecule has 1 aromatic carbocycles. The Bertz CT molecular complexity index is 978. The van der Waals surface area contributed by atoms with E-state index < -0.39 is 5.97 Å². The highest BCUT2D eigenvalue weighted by Gasteiger charge is 2.32. The molecule has 34 heavy (non-hydrogen) atoms. The van der Waals surface area contributed by atoms with Crippen LogP contribution in [0.3, 0.4) is 0 Å². The van der Waals surface area contributed by atoms with Gasteiger partial charge in [0.15, 0.2) is 0 Å². The van der Waals surface area contributed by atoms with E-state index in [4.69, 9.17) is 9.47 Å². The van der Waals surface area contributed by atoms with Crippen LogP contribution in [0, 0.1) is 6.92 Å². The summed E-state index contributed by atoms with van der Waals surface area (Å²) in [5.74, 6) is 0.347. The first-order chi connectivity index (χ1) is 16.0. The fourth-order valence-corrected chi connectivity index (χ4v) is 4.25. The Morgan fingerprint density at radius 2 is 1.76 bits per heavy atom. The summed E-state index contributed by atoms with van der Waals surface area (Å²) < 4.78 is 11.7. The minimum atomic E-state index is -0.818.